The Balaban J connectivity index is 2.14. The molecule has 0 unspecified atom stereocenters. The van der Waals surface area contributed by atoms with Gasteiger partial charge in [-0.05, 0) is 6.42 Å². The number of hydrogen-bond donors (Lipinski definition) is 2. The largest absolute Gasteiger partial charge is 0.381 e. The average molecular weight is 285 g/mol. The van der Waals surface area contributed by atoms with Gasteiger partial charge in [-0.1, -0.05) is 12.1 Å². The normalized spacial score (nSPS) is 11.8. The number of nitrogen functional groups attached to an aromatic ring is 1. The van der Waals surface area contributed by atoms with Gasteiger partial charge >= 0.3 is 0 Å². The van der Waals surface area contributed by atoms with E-state index < -0.39 is 10.0 Å². The number of nitrogens with zero attached hydrogens (tertiary/aromatic N) is 3. The Hall–Kier alpha value is -1.87. The molecule has 0 saturated heterocycles. The summed E-state index contributed by atoms with van der Waals surface area (Å²) >= 11 is 0. The van der Waals surface area contributed by atoms with Crippen molar-refractivity contribution < 1.29 is 12.9 Å². The van der Waals surface area contributed by atoms with Gasteiger partial charge in [-0.2, -0.15) is 5.10 Å². The molecular weight excluding hydrogens is 270 g/mol. The Morgan fingerprint density at radius 3 is 2.95 bits per heavy atom. The number of aryl methyl sites for hydroxylation is 1. The van der Waals surface area contributed by atoms with Crippen LogP contribution in [0.5, 0.6) is 0 Å². The van der Waals surface area contributed by atoms with E-state index in [1.54, 1.807) is 6.07 Å². The third-order valence-corrected chi connectivity index (χ3v) is 3.85. The molecule has 2 rings (SSSR count). The molecule has 3 N–H and O–H groups in total. The van der Waals surface area contributed by atoms with Crippen molar-refractivity contribution in [3.8, 4) is 0 Å². The number of aromatic nitrogens is 3. The summed E-state index contributed by atoms with van der Waals surface area (Å²) in [5.41, 5.74) is 6.11. The lowest BCUT2D eigenvalue weighted by atomic mass is 10.5. The molecule has 0 amide bonds. The Labute approximate surface area is 110 Å². The summed E-state index contributed by atoms with van der Waals surface area (Å²) in [6.07, 6.45) is 3.63. The second-order valence-corrected chi connectivity index (χ2v) is 5.69. The highest BCUT2D eigenvalue weighted by Gasteiger charge is 2.21. The average Bonchev–Trinajstić information content (AvgIpc) is 2.97. The minimum absolute atomic E-state index is 0.0129. The van der Waals surface area contributed by atoms with Gasteiger partial charge in [-0.3, -0.25) is 4.68 Å². The summed E-state index contributed by atoms with van der Waals surface area (Å²) in [7, 11) is -3.70. The van der Waals surface area contributed by atoms with Crippen LogP contribution in [0.15, 0.2) is 27.9 Å². The second kappa shape index (κ2) is 5.41. The van der Waals surface area contributed by atoms with Crippen molar-refractivity contribution in [1.82, 2.24) is 19.7 Å². The van der Waals surface area contributed by atoms with Crippen LogP contribution in [0, 0.1) is 0 Å². The summed E-state index contributed by atoms with van der Waals surface area (Å²) in [5, 5.41) is 7.57. The van der Waals surface area contributed by atoms with Crippen molar-refractivity contribution in [2.75, 3.05) is 5.73 Å². The van der Waals surface area contributed by atoms with Gasteiger partial charge in [0.1, 0.15) is 11.2 Å². The van der Waals surface area contributed by atoms with Gasteiger partial charge in [-0.15, -0.1) is 0 Å². The Bertz CT molecular complexity index is 632. The minimum Gasteiger partial charge on any atom is -0.381 e. The first-order valence-corrected chi connectivity index (χ1v) is 7.23. The lowest BCUT2D eigenvalue weighted by Crippen LogP contribution is -2.23. The second-order valence-electron chi connectivity index (χ2n) is 3.96. The maximum atomic E-state index is 12.1. The lowest BCUT2D eigenvalue weighted by Gasteiger charge is -2.02. The summed E-state index contributed by atoms with van der Waals surface area (Å²) in [4.78, 5) is -0.0237. The summed E-state index contributed by atoms with van der Waals surface area (Å²) in [6.45, 7) is 2.62. The Morgan fingerprint density at radius 2 is 2.32 bits per heavy atom. The monoisotopic (exact) mass is 285 g/mol. The molecule has 8 nitrogen and oxygen atoms in total. The van der Waals surface area contributed by atoms with Crippen LogP contribution < -0.4 is 10.5 Å². The van der Waals surface area contributed by atoms with Gasteiger partial charge in [0.25, 0.3) is 0 Å². The molecule has 0 aliphatic rings. The molecule has 0 spiro atoms. The standard InChI is InChI=1S/C10H15N5O3S/c1-2-4-15-7-9(10(11)13-15)19(16,17)12-6-8-3-5-18-14-8/h3,5,7,12H,2,4,6H2,1H3,(H2,11,13). The van der Waals surface area contributed by atoms with Crippen molar-refractivity contribution >= 4 is 15.8 Å². The molecule has 0 fully saturated rings. The molecule has 2 aromatic heterocycles. The molecular formula is C10H15N5O3S. The van der Waals surface area contributed by atoms with Crippen LogP contribution in [0.2, 0.25) is 0 Å². The number of anilines is 1. The van der Waals surface area contributed by atoms with Crippen LogP contribution in [-0.2, 0) is 23.1 Å². The maximum Gasteiger partial charge on any atom is 0.246 e. The minimum atomic E-state index is -3.70. The molecule has 0 atom stereocenters. The van der Waals surface area contributed by atoms with Crippen molar-refractivity contribution in [3.05, 3.63) is 24.2 Å². The van der Waals surface area contributed by atoms with Crippen LogP contribution in [0.4, 0.5) is 5.82 Å². The lowest BCUT2D eigenvalue weighted by molar-refractivity contribution is 0.411. The smallest absolute Gasteiger partial charge is 0.246 e. The highest BCUT2D eigenvalue weighted by molar-refractivity contribution is 7.89. The maximum absolute atomic E-state index is 12.1. The van der Waals surface area contributed by atoms with Crippen LogP contribution in [0.1, 0.15) is 19.0 Å². The molecule has 2 aromatic rings. The van der Waals surface area contributed by atoms with Crippen LogP contribution in [0.3, 0.4) is 0 Å². The van der Waals surface area contributed by atoms with E-state index in [1.807, 2.05) is 6.92 Å². The van der Waals surface area contributed by atoms with Crippen molar-refractivity contribution in [1.29, 1.82) is 0 Å². The molecule has 104 valence electrons. The van der Waals surface area contributed by atoms with Crippen molar-refractivity contribution in [2.24, 2.45) is 0 Å². The number of rotatable bonds is 6. The van der Waals surface area contributed by atoms with Gasteiger partial charge < -0.3 is 10.3 Å². The Morgan fingerprint density at radius 1 is 1.53 bits per heavy atom. The van der Waals surface area contributed by atoms with Crippen molar-refractivity contribution in [3.63, 3.8) is 0 Å². The quantitative estimate of drug-likeness (QED) is 0.790. The molecule has 9 heteroatoms. The molecule has 0 saturated carbocycles. The van der Waals surface area contributed by atoms with E-state index in [0.29, 0.717) is 12.2 Å². The van der Waals surface area contributed by atoms with E-state index in [4.69, 9.17) is 5.73 Å². The molecule has 0 bridgehead atoms. The third kappa shape index (κ3) is 3.12. The van der Waals surface area contributed by atoms with E-state index >= 15 is 0 Å². The van der Waals surface area contributed by atoms with E-state index in [1.165, 1.54) is 17.1 Å². The predicted molar refractivity (Wildman–Crippen MR) is 67.5 cm³/mol. The van der Waals surface area contributed by atoms with Crippen LogP contribution in [0.25, 0.3) is 0 Å². The van der Waals surface area contributed by atoms with Gasteiger partial charge in [0.15, 0.2) is 5.82 Å². The Kier molecular flexibility index (Phi) is 3.86. The number of sulfonamides is 1. The van der Waals surface area contributed by atoms with Crippen molar-refractivity contribution in [2.45, 2.75) is 31.3 Å². The topological polar surface area (TPSA) is 116 Å². The number of nitrogens with two attached hydrogens (primary N) is 1. The van der Waals surface area contributed by atoms with E-state index in [-0.39, 0.29) is 17.3 Å². The van der Waals surface area contributed by atoms with Gasteiger partial charge in [0.05, 0.1) is 12.2 Å². The first-order valence-electron chi connectivity index (χ1n) is 5.75. The fourth-order valence-electron chi connectivity index (χ4n) is 1.54. The van der Waals surface area contributed by atoms with Gasteiger partial charge in [0.2, 0.25) is 10.0 Å². The van der Waals surface area contributed by atoms with Crippen LogP contribution >= 0.6 is 0 Å². The summed E-state index contributed by atoms with van der Waals surface area (Å²) in [5.74, 6) is -0.0129. The SMILES string of the molecule is CCCn1cc(S(=O)(=O)NCc2ccon2)c(N)n1. The molecule has 19 heavy (non-hydrogen) atoms. The zero-order chi connectivity index (χ0) is 13.9. The van der Waals surface area contributed by atoms with E-state index in [0.717, 1.165) is 6.42 Å². The zero-order valence-electron chi connectivity index (χ0n) is 10.4. The van der Waals surface area contributed by atoms with E-state index in [2.05, 4.69) is 19.5 Å². The number of nitrogens with one attached hydrogen (secondary N) is 1. The summed E-state index contributed by atoms with van der Waals surface area (Å²) in [6, 6.07) is 1.58. The van der Waals surface area contributed by atoms with Crippen LogP contribution in [-0.4, -0.2) is 23.4 Å². The molecule has 0 aromatic carbocycles. The van der Waals surface area contributed by atoms with Gasteiger partial charge in [-0.25, -0.2) is 13.1 Å². The summed E-state index contributed by atoms with van der Waals surface area (Å²) < 4.78 is 32.6. The zero-order valence-corrected chi connectivity index (χ0v) is 11.2. The van der Waals surface area contributed by atoms with Gasteiger partial charge in [0, 0.05) is 18.8 Å². The number of hydrogen-bond acceptors (Lipinski definition) is 6. The molecule has 0 radical (unpaired) electrons. The molecule has 0 aliphatic heterocycles. The molecule has 2 heterocycles. The van der Waals surface area contributed by atoms with E-state index in [9.17, 15) is 8.42 Å². The third-order valence-electron chi connectivity index (χ3n) is 2.43. The highest BCUT2D eigenvalue weighted by atomic mass is 32.2. The first-order chi connectivity index (χ1) is 9.03. The fourth-order valence-corrected chi connectivity index (χ4v) is 2.61. The molecule has 0 aliphatic carbocycles. The first kappa shape index (κ1) is 13.6. The predicted octanol–water partition coefficient (Wildman–Crippen LogP) is 0.342. The fraction of sp³-hybridized carbons (Fsp3) is 0.400. The highest BCUT2D eigenvalue weighted by Crippen LogP contribution is 2.16.